The number of fused-ring (bicyclic) bond motifs is 27. The Morgan fingerprint density at radius 2 is 0.422 bits per heavy atom. The van der Waals surface area contributed by atoms with Gasteiger partial charge in [0.05, 0.1) is 49.7 Å². The summed E-state index contributed by atoms with van der Waals surface area (Å²) < 4.78 is 53.8. The van der Waals surface area contributed by atoms with Crippen molar-refractivity contribution in [2.45, 2.75) is 0 Å². The number of pyridine rings is 3. The number of benzene rings is 21. The third-order valence-corrected chi connectivity index (χ3v) is 36.4. The van der Waals surface area contributed by atoms with Crippen molar-refractivity contribution in [3.8, 4) is 33.4 Å². The molecule has 0 unspecified atom stereocenters. The summed E-state index contributed by atoms with van der Waals surface area (Å²) in [7, 11) is -9.67. The summed E-state index contributed by atoms with van der Waals surface area (Å²) in [6.07, 6.45) is 0. The lowest BCUT2D eigenvalue weighted by atomic mass is 9.95. The molecule has 0 aliphatic carbocycles. The van der Waals surface area contributed by atoms with E-state index in [1.807, 2.05) is 218 Å². The fraction of sp³-hybridized carbons (Fsp3) is 0. The molecule has 0 amide bonds. The van der Waals surface area contributed by atoms with Crippen molar-refractivity contribution in [3.05, 3.63) is 491 Å². The average Bonchev–Trinajstić information content (AvgIpc) is 1.66. The number of rotatable bonds is 12. The largest absolute Gasteiger partial charge is 0.309 e. The van der Waals surface area contributed by atoms with Crippen molar-refractivity contribution >= 4 is 217 Å². The molecule has 0 spiro atoms. The molecule has 0 bridgehead atoms. The molecule has 0 N–H and O–H groups in total. The monoisotopic (exact) mass is 1780 g/mol. The lowest BCUT2D eigenvalue weighted by Crippen LogP contribution is -2.25. The van der Waals surface area contributed by atoms with E-state index in [1.165, 1.54) is 16.2 Å². The number of hydrogen-bond donors (Lipinski definition) is 0. The summed E-state index contributed by atoms with van der Waals surface area (Å²) in [6, 6.07) is 168. The highest BCUT2D eigenvalue weighted by molar-refractivity contribution is 7.86. The molecule has 12 heteroatoms. The Morgan fingerprint density at radius 1 is 0.170 bits per heavy atom. The molecule has 9 nitrogen and oxygen atoms in total. The molecule has 21 aromatic carbocycles. The van der Waals surface area contributed by atoms with Crippen LogP contribution in [0, 0.1) is 0 Å². The van der Waals surface area contributed by atoms with Crippen molar-refractivity contribution in [2.24, 2.45) is 0 Å². The zero-order valence-electron chi connectivity index (χ0n) is 73.0. The normalized spacial score (nSPS) is 12.1. The van der Waals surface area contributed by atoms with Gasteiger partial charge in [0.1, 0.15) is 16.9 Å². The van der Waals surface area contributed by atoms with Crippen LogP contribution < -0.4 is 47.7 Å². The number of aromatic nitrogens is 6. The second-order valence-corrected chi connectivity index (χ2v) is 42.7. The van der Waals surface area contributed by atoms with E-state index in [0.717, 1.165) is 212 Å². The third kappa shape index (κ3) is 13.1. The highest BCUT2D eigenvalue weighted by Crippen LogP contribution is 2.51. The van der Waals surface area contributed by atoms with Crippen LogP contribution in [0.5, 0.6) is 0 Å². The van der Waals surface area contributed by atoms with Gasteiger partial charge in [0.25, 0.3) is 0 Å². The summed E-state index contributed by atoms with van der Waals surface area (Å²) in [5.41, 5.74) is 18.8. The van der Waals surface area contributed by atoms with Crippen LogP contribution >= 0.6 is 21.4 Å². The van der Waals surface area contributed by atoms with E-state index in [-0.39, 0.29) is 0 Å². The van der Waals surface area contributed by atoms with Crippen LogP contribution in [0.2, 0.25) is 0 Å². The van der Waals surface area contributed by atoms with E-state index in [9.17, 15) is 0 Å². The highest BCUT2D eigenvalue weighted by atomic mass is 31.2. The molecule has 0 aliphatic heterocycles. The van der Waals surface area contributed by atoms with E-state index in [1.54, 1.807) is 0 Å². The van der Waals surface area contributed by atoms with Gasteiger partial charge in [-0.3, -0.25) is 13.2 Å². The van der Waals surface area contributed by atoms with Crippen LogP contribution in [0.15, 0.2) is 491 Å². The molecule has 0 aliphatic rings. The van der Waals surface area contributed by atoms with Gasteiger partial charge < -0.3 is 13.7 Å². The highest BCUT2D eigenvalue weighted by Gasteiger charge is 2.36. The minimum atomic E-state index is -3.23. The van der Waals surface area contributed by atoms with Gasteiger partial charge in [0.2, 0.25) is 0 Å². The van der Waals surface area contributed by atoms with E-state index in [4.69, 9.17) is 15.0 Å². The van der Waals surface area contributed by atoms with E-state index in [2.05, 4.69) is 286 Å². The fourth-order valence-electron chi connectivity index (χ4n) is 21.0. The van der Waals surface area contributed by atoms with Crippen LogP contribution in [0.3, 0.4) is 0 Å². The average molecular weight is 1780 g/mol. The second-order valence-electron chi connectivity index (χ2n) is 34.5. The van der Waals surface area contributed by atoms with Crippen molar-refractivity contribution in [2.75, 3.05) is 0 Å². The minimum Gasteiger partial charge on any atom is -0.309 e. The van der Waals surface area contributed by atoms with Gasteiger partial charge in [-0.2, -0.15) is 0 Å². The first kappa shape index (κ1) is 80.6. The molecular formula is C123H81N6O3P3. The van der Waals surface area contributed by atoms with Gasteiger partial charge in [-0.05, 0) is 138 Å². The molecule has 0 radical (unpaired) electrons. The van der Waals surface area contributed by atoms with Crippen LogP contribution in [-0.2, 0) is 13.7 Å². The summed E-state index contributed by atoms with van der Waals surface area (Å²) in [6.45, 7) is 0. The zero-order valence-corrected chi connectivity index (χ0v) is 75.7. The smallest absolute Gasteiger partial charge is 0.171 e. The Kier molecular flexibility index (Phi) is 19.6. The molecule has 6 aromatic heterocycles. The third-order valence-electron chi connectivity index (χ3n) is 27.1. The van der Waals surface area contributed by atoms with Gasteiger partial charge in [0, 0.05) is 96.2 Å². The first-order chi connectivity index (χ1) is 66.6. The lowest BCUT2D eigenvalue weighted by Gasteiger charge is -2.23. The second kappa shape index (κ2) is 32.8. The predicted molar refractivity (Wildman–Crippen MR) is 570 cm³/mol. The summed E-state index contributed by atoms with van der Waals surface area (Å²) in [4.78, 5) is 15.2. The Hall–Kier alpha value is -16.5. The van der Waals surface area contributed by atoms with Crippen molar-refractivity contribution < 1.29 is 13.7 Å². The number of hydrogen-bond acceptors (Lipinski definition) is 6. The lowest BCUT2D eigenvalue weighted by molar-refractivity contribution is 0.592. The van der Waals surface area contributed by atoms with Gasteiger partial charge in [0.15, 0.2) is 21.4 Å². The van der Waals surface area contributed by atoms with Gasteiger partial charge in [-0.15, -0.1) is 0 Å². The maximum atomic E-state index is 15.6. The minimum absolute atomic E-state index is 0.829. The maximum absolute atomic E-state index is 15.6. The molecule has 27 aromatic rings. The van der Waals surface area contributed by atoms with Gasteiger partial charge in [-0.1, -0.05) is 419 Å². The van der Waals surface area contributed by atoms with E-state index >= 15 is 13.7 Å². The Labute approximate surface area is 777 Å². The Morgan fingerprint density at radius 3 is 0.793 bits per heavy atom. The van der Waals surface area contributed by atoms with E-state index in [0.29, 0.717) is 0 Å². The van der Waals surface area contributed by atoms with Crippen LogP contribution in [0.25, 0.3) is 181 Å². The van der Waals surface area contributed by atoms with Gasteiger partial charge in [-0.25, -0.2) is 15.0 Å². The van der Waals surface area contributed by atoms with Crippen molar-refractivity contribution in [1.29, 1.82) is 0 Å². The number of nitrogens with zero attached hydrogens (tertiary/aromatic N) is 6. The fourth-order valence-corrected chi connectivity index (χ4v) is 29.7. The summed E-state index contributed by atoms with van der Waals surface area (Å²) in [5.74, 6) is 0. The molecule has 0 saturated heterocycles. The molecule has 0 fully saturated rings. The zero-order chi connectivity index (χ0) is 89.9. The summed E-state index contributed by atoms with van der Waals surface area (Å²) >= 11 is 0. The first-order valence-corrected chi connectivity index (χ1v) is 50.6. The Bertz CT molecular complexity index is 9480. The Balaban J connectivity index is 0.000000108. The quantitative estimate of drug-likeness (QED) is 0.0892. The van der Waals surface area contributed by atoms with Gasteiger partial charge >= 0.3 is 0 Å². The molecule has 6 heterocycles. The molecule has 636 valence electrons. The maximum Gasteiger partial charge on any atom is 0.171 e. The van der Waals surface area contributed by atoms with Crippen LogP contribution in [0.4, 0.5) is 0 Å². The van der Waals surface area contributed by atoms with Crippen LogP contribution in [-0.4, -0.2) is 28.2 Å². The molecular weight excluding hydrogens is 1700 g/mol. The molecule has 135 heavy (non-hydrogen) atoms. The molecule has 0 saturated carbocycles. The van der Waals surface area contributed by atoms with Crippen LogP contribution in [0.1, 0.15) is 0 Å². The van der Waals surface area contributed by atoms with Crippen molar-refractivity contribution in [1.82, 2.24) is 28.2 Å². The SMILES string of the molecule is O=P(c1ccccc1)(c1ccccc1)c1cccc2cccc(-c3ccc4c(c3)c3ccccc3c3nc5ccccc5n43)c12.O=P(c1ccccc1)(c1ccccc1)c1cccc2cccc(-c3ccc4c(c3)c3ccccc3n3c5ccccc5nc43)c12.O=P(c1ccccc1)(c1ccccc1)c1cccc2cccc(-c3ccc4c5ccccc5c5nc6ccccc6n5c4c3)c12. The molecule has 27 rings (SSSR count). The standard InChI is InChI=1S/3C41H27N2OP/c44-45(30-15-3-1-4-16-30,31-17-5-2-6-18-31)39-24-12-14-28-13-11-20-32(40(28)39)29-25-26-34-35(27-29)33-19-7-9-22-37(33)43-38-23-10-8-21-36(38)42-41(34)43;44-45(30-15-3-1-4-16-30,31-17-5-2-6-18-31)39-24-12-14-28-13-11-21-32(40(28)39)29-25-26-34-33-19-7-8-20-35(33)41-42-36-22-9-10-23-37(36)43(41)38(34)27-29;44-45(30-15-3-1-4-16-30,31-17-5-2-6-18-31)39-24-12-14-28-13-11-21-32(40(28)39)29-25-26-37-35(27-29)33-19-7-8-20-34(33)41-42-36-22-9-10-23-38(36)43(37)41/h3*1-27H. The van der Waals surface area contributed by atoms with E-state index < -0.39 is 21.4 Å². The first-order valence-electron chi connectivity index (χ1n) is 45.5. The van der Waals surface area contributed by atoms with Crippen molar-refractivity contribution in [3.63, 3.8) is 0 Å². The topological polar surface area (TPSA) is 103 Å². The molecule has 0 atom stereocenters. The number of imidazole rings is 3. The number of para-hydroxylation sites is 7. The predicted octanol–water partition coefficient (Wildman–Crippen LogP) is 27.8. The summed E-state index contributed by atoms with van der Waals surface area (Å²) in [5, 5.41) is 24.1.